The zero-order chi connectivity index (χ0) is 5.98. The van der Waals surface area contributed by atoms with Gasteiger partial charge in [0.25, 0.3) is 0 Å². The molecular weight excluding hydrogens is 176 g/mol. The second-order valence-corrected chi connectivity index (χ2v) is 2.28. The van der Waals surface area contributed by atoms with E-state index in [9.17, 15) is 0 Å². The summed E-state index contributed by atoms with van der Waals surface area (Å²) in [6, 6.07) is 7.90. The van der Waals surface area contributed by atoms with Crippen molar-refractivity contribution in [3.8, 4) is 0 Å². The number of aryl methyl sites for hydroxylation is 1. The molecule has 0 N–H and O–H groups in total. The van der Waals surface area contributed by atoms with E-state index >= 15 is 0 Å². The van der Waals surface area contributed by atoms with Gasteiger partial charge in [0, 0.05) is 0 Å². The van der Waals surface area contributed by atoms with Gasteiger partial charge >= 0.3 is 23.1 Å². The summed E-state index contributed by atoms with van der Waals surface area (Å²) in [5.41, 5.74) is 1.26. The molecule has 0 bridgehead atoms. The van der Waals surface area contributed by atoms with Crippen molar-refractivity contribution in [2.45, 2.75) is 11.8 Å². The second kappa shape index (κ2) is 6.22. The Balaban J connectivity index is 0. The van der Waals surface area contributed by atoms with Crippen molar-refractivity contribution in [1.29, 1.82) is 0 Å². The van der Waals surface area contributed by atoms with Crippen molar-refractivity contribution in [2.75, 3.05) is 0 Å². The van der Waals surface area contributed by atoms with Crippen LogP contribution in [-0.2, 0) is 12.6 Å². The van der Waals surface area contributed by atoms with Crippen LogP contribution in [0.25, 0.3) is 0 Å². The van der Waals surface area contributed by atoms with E-state index in [1.165, 1.54) is 5.56 Å². The molecule has 0 fully saturated rings. The maximum absolute atomic E-state index is 4.87. The molecule has 1 aromatic carbocycles. The minimum absolute atomic E-state index is 0. The summed E-state index contributed by atoms with van der Waals surface area (Å²) in [4.78, 5) is 0.913. The molecule has 10 heavy (non-hydrogen) atoms. The molecule has 0 nitrogen and oxygen atoms in total. The predicted octanol–water partition coefficient (Wildman–Crippen LogP) is -1.48. The molecule has 0 unspecified atom stereocenters. The first kappa shape index (κ1) is 13.1. The van der Waals surface area contributed by atoms with Gasteiger partial charge in [0.05, 0.1) is 0 Å². The zero-order valence-electron chi connectivity index (χ0n) is 5.80. The van der Waals surface area contributed by atoms with Crippen molar-refractivity contribution in [2.24, 2.45) is 0 Å². The summed E-state index contributed by atoms with van der Waals surface area (Å²) in [5, 5.41) is 0. The van der Waals surface area contributed by atoms with Gasteiger partial charge in [0.2, 0.25) is 0 Å². The molecule has 1 aromatic rings. The predicted molar refractivity (Wildman–Crippen MR) is 42.6 cm³/mol. The Bertz CT molecular complexity index is 152. The Hall–Kier alpha value is 0.496. The summed E-state index contributed by atoms with van der Waals surface area (Å²) < 4.78 is 0. The number of halogens is 1. The van der Waals surface area contributed by atoms with E-state index in [0.29, 0.717) is 0 Å². The van der Waals surface area contributed by atoms with E-state index in [4.69, 9.17) is 12.6 Å². The number of hydrogen-bond acceptors (Lipinski definition) is 1. The average Bonchev–Trinajstić information content (AvgIpc) is 1.77. The maximum Gasteiger partial charge on any atom is 2.00 e. The summed E-state index contributed by atoms with van der Waals surface area (Å²) in [5.74, 6) is 0. The van der Waals surface area contributed by atoms with Gasteiger partial charge in [-0.3, -0.25) is 0 Å². The van der Waals surface area contributed by atoms with Gasteiger partial charge in [0.1, 0.15) is 0 Å². The first-order valence-electron chi connectivity index (χ1n) is 2.53. The van der Waals surface area contributed by atoms with Gasteiger partial charge in [-0.1, -0.05) is 29.8 Å². The third-order valence-electron chi connectivity index (χ3n) is 1.02. The monoisotopic (exact) mass is 182 g/mol. The third kappa shape index (κ3) is 4.33. The molecule has 1 rings (SSSR count). The summed E-state index contributed by atoms with van der Waals surface area (Å²) in [6.07, 6.45) is 0. The SMILES string of the molecule is Cc1ccc([S-])cc1.[Cl-].[Mg+2]. The molecule has 0 amide bonds. The van der Waals surface area contributed by atoms with E-state index in [1.807, 2.05) is 24.3 Å². The van der Waals surface area contributed by atoms with Crippen LogP contribution in [-0.4, -0.2) is 23.1 Å². The van der Waals surface area contributed by atoms with Crippen molar-refractivity contribution in [1.82, 2.24) is 0 Å². The van der Waals surface area contributed by atoms with E-state index in [0.717, 1.165) is 4.90 Å². The fourth-order valence-electron chi connectivity index (χ4n) is 0.538. The molecule has 0 saturated carbocycles. The Morgan fingerprint density at radius 1 is 1.10 bits per heavy atom. The molecule has 0 aromatic heterocycles. The van der Waals surface area contributed by atoms with E-state index < -0.39 is 0 Å². The molecule has 0 radical (unpaired) electrons. The van der Waals surface area contributed by atoms with Crippen LogP contribution >= 0.6 is 0 Å². The Morgan fingerprint density at radius 3 is 1.80 bits per heavy atom. The normalized spacial score (nSPS) is 7.30. The van der Waals surface area contributed by atoms with Crippen LogP contribution in [0.3, 0.4) is 0 Å². The summed E-state index contributed by atoms with van der Waals surface area (Å²) in [7, 11) is 0. The fourth-order valence-corrected chi connectivity index (χ4v) is 0.674. The first-order valence-corrected chi connectivity index (χ1v) is 2.93. The van der Waals surface area contributed by atoms with Crippen LogP contribution in [0.5, 0.6) is 0 Å². The van der Waals surface area contributed by atoms with Crippen LogP contribution in [0.4, 0.5) is 0 Å². The number of hydrogen-bond donors (Lipinski definition) is 0. The molecule has 0 aliphatic rings. The summed E-state index contributed by atoms with van der Waals surface area (Å²) in [6.45, 7) is 2.05. The molecule has 0 atom stereocenters. The quantitative estimate of drug-likeness (QED) is 0.349. The van der Waals surface area contributed by atoms with Crippen LogP contribution < -0.4 is 12.4 Å². The molecular formula is C7H7ClMgS. The van der Waals surface area contributed by atoms with Crippen molar-refractivity contribution in [3.05, 3.63) is 29.8 Å². The maximum atomic E-state index is 4.87. The van der Waals surface area contributed by atoms with Gasteiger partial charge in [0.15, 0.2) is 0 Å². The Kier molecular flexibility index (Phi) is 8.16. The van der Waals surface area contributed by atoms with Gasteiger partial charge < -0.3 is 25.0 Å². The van der Waals surface area contributed by atoms with Crippen LogP contribution in [0.2, 0.25) is 0 Å². The van der Waals surface area contributed by atoms with Crippen molar-refractivity contribution >= 4 is 35.7 Å². The fraction of sp³-hybridized carbons (Fsp3) is 0.143. The largest absolute Gasteiger partial charge is 2.00 e. The molecule has 0 aliphatic carbocycles. The zero-order valence-corrected chi connectivity index (χ0v) is 8.79. The van der Waals surface area contributed by atoms with E-state index in [1.54, 1.807) is 0 Å². The third-order valence-corrected chi connectivity index (χ3v) is 1.29. The van der Waals surface area contributed by atoms with Crippen molar-refractivity contribution < 1.29 is 12.4 Å². The minimum Gasteiger partial charge on any atom is -1.00 e. The first-order chi connectivity index (χ1) is 3.79. The molecule has 0 heterocycles. The molecule has 3 heteroatoms. The van der Waals surface area contributed by atoms with E-state index in [-0.39, 0.29) is 35.5 Å². The van der Waals surface area contributed by atoms with E-state index in [2.05, 4.69) is 6.92 Å². The van der Waals surface area contributed by atoms with Gasteiger partial charge in [-0.2, -0.15) is 4.90 Å². The molecule has 0 saturated heterocycles. The Labute approximate surface area is 89.4 Å². The molecule has 0 spiro atoms. The summed E-state index contributed by atoms with van der Waals surface area (Å²) >= 11 is 4.87. The van der Waals surface area contributed by atoms with Crippen LogP contribution in [0, 0.1) is 6.92 Å². The Morgan fingerprint density at radius 2 is 1.50 bits per heavy atom. The number of benzene rings is 1. The van der Waals surface area contributed by atoms with Gasteiger partial charge in [-0.25, -0.2) is 0 Å². The second-order valence-electron chi connectivity index (χ2n) is 1.81. The number of rotatable bonds is 0. The van der Waals surface area contributed by atoms with Crippen molar-refractivity contribution in [3.63, 3.8) is 0 Å². The smallest absolute Gasteiger partial charge is 1.00 e. The van der Waals surface area contributed by atoms with Crippen LogP contribution in [0.15, 0.2) is 29.2 Å². The topological polar surface area (TPSA) is 0 Å². The van der Waals surface area contributed by atoms with Gasteiger partial charge in [-0.15, -0.1) is 0 Å². The molecule has 50 valence electrons. The average molecular weight is 183 g/mol. The minimum atomic E-state index is 0. The van der Waals surface area contributed by atoms with Gasteiger partial charge in [-0.05, 0) is 6.92 Å². The standard InChI is InChI=1S/C7H8S.ClH.Mg/c1-6-2-4-7(8)5-3-6;;/h2-5,8H,1H3;1H;/q;;+2/p-2. The van der Waals surface area contributed by atoms with Crippen LogP contribution in [0.1, 0.15) is 5.56 Å². The molecule has 0 aliphatic heterocycles.